The van der Waals surface area contributed by atoms with Crippen molar-refractivity contribution in [1.82, 2.24) is 4.98 Å². The van der Waals surface area contributed by atoms with E-state index in [1.165, 1.54) is 5.56 Å². The smallest absolute Gasteiger partial charge is 0.399 e. The van der Waals surface area contributed by atoms with Crippen LogP contribution in [-0.4, -0.2) is 23.3 Å². The Morgan fingerprint density at radius 3 is 2.29 bits per heavy atom. The molecule has 1 aromatic heterocycles. The summed E-state index contributed by atoms with van der Waals surface area (Å²) in [5.41, 5.74) is 4.53. The van der Waals surface area contributed by atoms with Crippen LogP contribution in [0.2, 0.25) is 0 Å². The van der Waals surface area contributed by atoms with Crippen molar-refractivity contribution in [2.75, 3.05) is 0 Å². The molecular weight excluding hydrogens is 281 g/mol. The van der Waals surface area contributed by atoms with E-state index in [1.54, 1.807) is 11.3 Å². The van der Waals surface area contributed by atoms with Crippen LogP contribution in [0, 0.1) is 6.92 Å². The number of nitrogens with zero attached hydrogens (tertiary/aromatic N) is 1. The third-order valence-electron chi connectivity index (χ3n) is 4.46. The first-order chi connectivity index (χ1) is 9.82. The molecule has 0 radical (unpaired) electrons. The third-order valence-corrected chi connectivity index (χ3v) is 5.31. The SMILES string of the molecule is Cc1ccccc1-c1ncsc1B1OC(C)(C)C(C)(C)O1. The number of thiazole rings is 1. The molecule has 0 aliphatic carbocycles. The standard InChI is InChI=1S/C16H20BNO2S/c1-11-8-6-7-9-12(11)13-14(21-10-18-13)17-19-15(2,3)16(4,5)20-17/h6-10H,1-5H3. The Morgan fingerprint density at radius 2 is 1.67 bits per heavy atom. The van der Waals surface area contributed by atoms with E-state index in [0.29, 0.717) is 0 Å². The highest BCUT2D eigenvalue weighted by molar-refractivity contribution is 7.21. The van der Waals surface area contributed by atoms with Crippen LogP contribution in [0.3, 0.4) is 0 Å². The summed E-state index contributed by atoms with van der Waals surface area (Å²) < 4.78 is 13.4. The molecule has 2 aromatic rings. The second-order valence-electron chi connectivity index (χ2n) is 6.47. The molecule has 3 nitrogen and oxygen atoms in total. The Bertz CT molecular complexity index is 650. The van der Waals surface area contributed by atoms with Crippen molar-refractivity contribution in [3.05, 3.63) is 35.3 Å². The monoisotopic (exact) mass is 301 g/mol. The van der Waals surface area contributed by atoms with Gasteiger partial charge in [-0.2, -0.15) is 0 Å². The minimum absolute atomic E-state index is 0.329. The Balaban J connectivity index is 2.00. The quantitative estimate of drug-likeness (QED) is 0.797. The molecule has 0 saturated carbocycles. The second-order valence-corrected chi connectivity index (χ2v) is 7.35. The molecule has 5 heteroatoms. The highest BCUT2D eigenvalue weighted by Gasteiger charge is 2.53. The van der Waals surface area contributed by atoms with Gasteiger partial charge in [0.2, 0.25) is 0 Å². The molecule has 0 unspecified atom stereocenters. The van der Waals surface area contributed by atoms with Crippen molar-refractivity contribution >= 4 is 23.2 Å². The van der Waals surface area contributed by atoms with Crippen LogP contribution < -0.4 is 4.78 Å². The summed E-state index contributed by atoms with van der Waals surface area (Å²) in [4.78, 5) is 4.55. The summed E-state index contributed by atoms with van der Waals surface area (Å²) in [6.45, 7) is 10.4. The maximum absolute atomic E-state index is 6.16. The fourth-order valence-electron chi connectivity index (χ4n) is 2.41. The fourth-order valence-corrected chi connectivity index (χ4v) is 3.17. The molecular formula is C16H20BNO2S. The van der Waals surface area contributed by atoms with Gasteiger partial charge in [-0.15, -0.1) is 11.3 Å². The molecule has 0 spiro atoms. The maximum Gasteiger partial charge on any atom is 0.507 e. The van der Waals surface area contributed by atoms with E-state index in [4.69, 9.17) is 9.31 Å². The topological polar surface area (TPSA) is 31.4 Å². The van der Waals surface area contributed by atoms with Crippen molar-refractivity contribution in [3.63, 3.8) is 0 Å². The Labute approximate surface area is 130 Å². The first kappa shape index (κ1) is 14.8. The number of aryl methyl sites for hydroxylation is 1. The van der Waals surface area contributed by atoms with E-state index in [-0.39, 0.29) is 18.3 Å². The van der Waals surface area contributed by atoms with Crippen molar-refractivity contribution in [2.45, 2.75) is 45.8 Å². The molecule has 3 rings (SSSR count). The Hall–Kier alpha value is -1.17. The predicted octanol–water partition coefficient (Wildman–Crippen LogP) is 3.42. The van der Waals surface area contributed by atoms with Crippen LogP contribution in [0.15, 0.2) is 29.8 Å². The normalized spacial score (nSPS) is 20.0. The summed E-state index contributed by atoms with van der Waals surface area (Å²) >= 11 is 1.59. The molecule has 0 amide bonds. The molecule has 1 aliphatic rings. The van der Waals surface area contributed by atoms with Gasteiger partial charge in [0.05, 0.1) is 27.2 Å². The zero-order chi connectivity index (χ0) is 15.3. The van der Waals surface area contributed by atoms with Gasteiger partial charge < -0.3 is 9.31 Å². The molecule has 1 aliphatic heterocycles. The maximum atomic E-state index is 6.16. The molecule has 1 fully saturated rings. The van der Waals surface area contributed by atoms with Gasteiger partial charge in [-0.3, -0.25) is 0 Å². The van der Waals surface area contributed by atoms with Gasteiger partial charge in [-0.05, 0) is 40.2 Å². The molecule has 2 heterocycles. The molecule has 0 bridgehead atoms. The molecule has 0 N–H and O–H groups in total. The first-order valence-corrected chi connectivity index (χ1v) is 8.05. The van der Waals surface area contributed by atoms with E-state index in [1.807, 2.05) is 17.6 Å². The molecule has 0 atom stereocenters. The fraction of sp³-hybridized carbons (Fsp3) is 0.438. The van der Waals surface area contributed by atoms with Crippen molar-refractivity contribution < 1.29 is 9.31 Å². The lowest BCUT2D eigenvalue weighted by atomic mass is 9.84. The highest BCUT2D eigenvalue weighted by Crippen LogP contribution is 2.37. The number of hydrogen-bond acceptors (Lipinski definition) is 4. The second kappa shape index (κ2) is 4.94. The van der Waals surface area contributed by atoms with Gasteiger partial charge in [0, 0.05) is 5.56 Å². The first-order valence-electron chi connectivity index (χ1n) is 7.17. The molecule has 110 valence electrons. The number of hydrogen-bond donors (Lipinski definition) is 0. The Morgan fingerprint density at radius 1 is 1.05 bits per heavy atom. The largest absolute Gasteiger partial charge is 0.507 e. The van der Waals surface area contributed by atoms with Gasteiger partial charge in [0.15, 0.2) is 0 Å². The minimum Gasteiger partial charge on any atom is -0.399 e. The summed E-state index contributed by atoms with van der Waals surface area (Å²) in [6.07, 6.45) is 0. The average molecular weight is 301 g/mol. The van der Waals surface area contributed by atoms with Gasteiger partial charge >= 0.3 is 7.12 Å². The summed E-state index contributed by atoms with van der Waals surface area (Å²) in [5.74, 6) is 0. The van der Waals surface area contributed by atoms with Crippen molar-refractivity contribution in [1.29, 1.82) is 0 Å². The van der Waals surface area contributed by atoms with Gasteiger partial charge in [-0.1, -0.05) is 24.3 Å². The molecule has 1 aromatic carbocycles. The predicted molar refractivity (Wildman–Crippen MR) is 88.0 cm³/mol. The minimum atomic E-state index is -0.350. The lowest BCUT2D eigenvalue weighted by Gasteiger charge is -2.32. The number of benzene rings is 1. The van der Waals surface area contributed by atoms with Crippen LogP contribution >= 0.6 is 11.3 Å². The molecule has 1 saturated heterocycles. The van der Waals surface area contributed by atoms with Crippen LogP contribution in [0.5, 0.6) is 0 Å². The number of rotatable bonds is 2. The van der Waals surface area contributed by atoms with Crippen LogP contribution in [0.1, 0.15) is 33.3 Å². The number of aromatic nitrogens is 1. The van der Waals surface area contributed by atoms with Crippen LogP contribution in [0.4, 0.5) is 0 Å². The lowest BCUT2D eigenvalue weighted by Crippen LogP contribution is -2.41. The van der Waals surface area contributed by atoms with Crippen LogP contribution in [-0.2, 0) is 9.31 Å². The highest BCUT2D eigenvalue weighted by atomic mass is 32.1. The average Bonchev–Trinajstić information content (AvgIpc) is 2.93. The van der Waals surface area contributed by atoms with Gasteiger partial charge in [0.1, 0.15) is 0 Å². The van der Waals surface area contributed by atoms with E-state index < -0.39 is 0 Å². The third kappa shape index (κ3) is 2.43. The van der Waals surface area contributed by atoms with Gasteiger partial charge in [-0.25, -0.2) is 4.98 Å². The van der Waals surface area contributed by atoms with Crippen molar-refractivity contribution in [2.24, 2.45) is 0 Å². The Kier molecular flexibility index (Phi) is 3.47. The summed E-state index contributed by atoms with van der Waals surface area (Å²) in [6, 6.07) is 8.27. The molecule has 21 heavy (non-hydrogen) atoms. The summed E-state index contributed by atoms with van der Waals surface area (Å²) in [7, 11) is -0.350. The van der Waals surface area contributed by atoms with Crippen LogP contribution in [0.25, 0.3) is 11.3 Å². The van der Waals surface area contributed by atoms with E-state index in [2.05, 4.69) is 51.7 Å². The zero-order valence-electron chi connectivity index (χ0n) is 13.1. The van der Waals surface area contributed by atoms with E-state index >= 15 is 0 Å². The van der Waals surface area contributed by atoms with Crippen molar-refractivity contribution in [3.8, 4) is 11.3 Å². The van der Waals surface area contributed by atoms with E-state index in [9.17, 15) is 0 Å². The summed E-state index contributed by atoms with van der Waals surface area (Å²) in [5, 5.41) is 0. The van der Waals surface area contributed by atoms with E-state index in [0.717, 1.165) is 16.0 Å². The lowest BCUT2D eigenvalue weighted by molar-refractivity contribution is 0.00578. The zero-order valence-corrected chi connectivity index (χ0v) is 14.0. The van der Waals surface area contributed by atoms with Gasteiger partial charge in [0.25, 0.3) is 0 Å².